The number of para-hydroxylation sites is 1. The van der Waals surface area contributed by atoms with Gasteiger partial charge in [-0.2, -0.15) is 0 Å². The minimum atomic E-state index is -0.255. The smallest absolute Gasteiger partial charge is 0.287 e. The van der Waals surface area contributed by atoms with Gasteiger partial charge in [0.25, 0.3) is 5.91 Å². The first-order valence-corrected chi connectivity index (χ1v) is 10.1. The van der Waals surface area contributed by atoms with Crippen LogP contribution in [0.3, 0.4) is 0 Å². The lowest BCUT2D eigenvalue weighted by Gasteiger charge is -2.23. The Morgan fingerprint density at radius 1 is 1.21 bits per heavy atom. The molecule has 1 saturated heterocycles. The molecule has 3 aromatic rings. The molecule has 0 spiro atoms. The highest BCUT2D eigenvalue weighted by Crippen LogP contribution is 2.33. The van der Waals surface area contributed by atoms with Crippen LogP contribution in [0.1, 0.15) is 29.0 Å². The summed E-state index contributed by atoms with van der Waals surface area (Å²) in [4.78, 5) is 13.4. The molecule has 1 aromatic heterocycles. The summed E-state index contributed by atoms with van der Waals surface area (Å²) >= 11 is 1.37. The maximum atomic E-state index is 14.0. The van der Waals surface area contributed by atoms with Crippen molar-refractivity contribution in [1.82, 2.24) is 10.6 Å². The highest BCUT2D eigenvalue weighted by Gasteiger charge is 2.24. The van der Waals surface area contributed by atoms with Gasteiger partial charge in [-0.15, -0.1) is 24.2 Å². The Balaban J connectivity index is 0.00000225. The number of nitrogens with one attached hydrogen (secondary N) is 2. The zero-order chi connectivity index (χ0) is 18.6. The van der Waals surface area contributed by atoms with Gasteiger partial charge in [0.15, 0.2) is 5.76 Å². The number of hydrogen-bond donors (Lipinski definition) is 2. The first-order chi connectivity index (χ1) is 13.2. The van der Waals surface area contributed by atoms with Crippen molar-refractivity contribution in [3.63, 3.8) is 0 Å². The highest BCUT2D eigenvalue weighted by molar-refractivity contribution is 7.98. The highest BCUT2D eigenvalue weighted by atomic mass is 35.5. The molecule has 0 radical (unpaired) electrons. The number of carbonyl (C=O) groups is 1. The van der Waals surface area contributed by atoms with Crippen molar-refractivity contribution in [3.05, 3.63) is 65.7 Å². The van der Waals surface area contributed by atoms with Crippen molar-refractivity contribution in [2.24, 2.45) is 0 Å². The monoisotopic (exact) mass is 420 g/mol. The summed E-state index contributed by atoms with van der Waals surface area (Å²) in [6.45, 7) is 1.76. The fourth-order valence-electron chi connectivity index (χ4n) is 3.36. The normalized spacial score (nSPS) is 16.5. The Morgan fingerprint density at radius 3 is 2.79 bits per heavy atom. The lowest BCUT2D eigenvalue weighted by Crippen LogP contribution is -2.45. The van der Waals surface area contributed by atoms with Crippen LogP contribution in [0.5, 0.6) is 0 Å². The lowest BCUT2D eigenvalue weighted by molar-refractivity contribution is 0.0904. The van der Waals surface area contributed by atoms with Crippen molar-refractivity contribution in [1.29, 1.82) is 0 Å². The number of halogens is 2. The molecule has 2 heterocycles. The van der Waals surface area contributed by atoms with Crippen LogP contribution >= 0.6 is 24.2 Å². The molecule has 1 aliphatic heterocycles. The quantitative estimate of drug-likeness (QED) is 0.584. The summed E-state index contributed by atoms with van der Waals surface area (Å²) in [6.07, 6.45) is 2.00. The van der Waals surface area contributed by atoms with Gasteiger partial charge in [-0.25, -0.2) is 4.39 Å². The summed E-state index contributed by atoms with van der Waals surface area (Å²) in [6, 6.07) is 14.4. The number of piperidine rings is 1. The molecule has 0 bridgehead atoms. The number of benzene rings is 2. The second-order valence-electron chi connectivity index (χ2n) is 6.64. The molecule has 4 nitrogen and oxygen atoms in total. The summed E-state index contributed by atoms with van der Waals surface area (Å²) in [5, 5.41) is 7.26. The largest absolute Gasteiger partial charge is 0.451 e. The van der Waals surface area contributed by atoms with Crippen molar-refractivity contribution in [2.75, 3.05) is 13.1 Å². The van der Waals surface area contributed by atoms with E-state index in [-0.39, 0.29) is 30.2 Å². The second kappa shape index (κ2) is 9.45. The van der Waals surface area contributed by atoms with Crippen LogP contribution < -0.4 is 10.6 Å². The van der Waals surface area contributed by atoms with Crippen molar-refractivity contribution in [3.8, 4) is 0 Å². The minimum absolute atomic E-state index is 0. The third-order valence-corrected chi connectivity index (χ3v) is 5.82. The van der Waals surface area contributed by atoms with Gasteiger partial charge in [-0.3, -0.25) is 4.79 Å². The van der Waals surface area contributed by atoms with Gasteiger partial charge in [0.1, 0.15) is 11.4 Å². The van der Waals surface area contributed by atoms with E-state index in [4.69, 9.17) is 4.42 Å². The number of fused-ring (bicyclic) bond motifs is 1. The Labute approximate surface area is 173 Å². The van der Waals surface area contributed by atoms with Crippen molar-refractivity contribution < 1.29 is 13.6 Å². The van der Waals surface area contributed by atoms with Crippen molar-refractivity contribution >= 4 is 41.0 Å². The lowest BCUT2D eigenvalue weighted by atomic mass is 10.1. The van der Waals surface area contributed by atoms with Gasteiger partial charge in [-0.1, -0.05) is 30.3 Å². The molecule has 0 aliphatic carbocycles. The number of amides is 1. The van der Waals surface area contributed by atoms with E-state index in [9.17, 15) is 9.18 Å². The number of hydrogen-bond acceptors (Lipinski definition) is 4. The summed E-state index contributed by atoms with van der Waals surface area (Å²) in [5.74, 6) is 0.327. The van der Waals surface area contributed by atoms with E-state index >= 15 is 0 Å². The van der Waals surface area contributed by atoms with Crippen LogP contribution in [0.4, 0.5) is 4.39 Å². The standard InChI is InChI=1S/C21H21FN2O2S.ClH/c22-17-8-2-4-10-19(17)27-13-16-15-7-1-3-9-18(15)26-20(16)21(25)24-14-6-5-11-23-12-14;/h1-4,7-10,14,23H,5-6,11-13H2,(H,24,25);1H/t14-;/m0./s1. The third kappa shape index (κ3) is 4.51. The summed E-state index contributed by atoms with van der Waals surface area (Å²) in [7, 11) is 0. The second-order valence-corrected chi connectivity index (χ2v) is 7.66. The fraction of sp³-hybridized carbons (Fsp3) is 0.286. The van der Waals surface area contributed by atoms with E-state index in [1.807, 2.05) is 30.3 Å². The molecule has 0 unspecified atom stereocenters. The van der Waals surface area contributed by atoms with Crippen LogP contribution in [-0.2, 0) is 5.75 Å². The molecule has 0 saturated carbocycles. The van der Waals surface area contributed by atoms with Gasteiger partial charge in [0, 0.05) is 34.2 Å². The SMILES string of the molecule is Cl.O=C(N[C@H]1CCCNC1)c1oc2ccccc2c1CSc1ccccc1F. The molecule has 2 N–H and O–H groups in total. The predicted molar refractivity (Wildman–Crippen MR) is 113 cm³/mol. The molecule has 148 valence electrons. The number of thioether (sulfide) groups is 1. The Morgan fingerprint density at radius 2 is 2.00 bits per heavy atom. The Kier molecular flexibility index (Phi) is 6.99. The zero-order valence-corrected chi connectivity index (χ0v) is 16.9. The molecule has 1 atom stereocenters. The van der Waals surface area contributed by atoms with Crippen LogP contribution in [0, 0.1) is 5.82 Å². The fourth-order valence-corrected chi connectivity index (χ4v) is 4.33. The Hall–Kier alpha value is -2.02. The topological polar surface area (TPSA) is 54.3 Å². The molecule has 1 amide bonds. The number of furan rings is 1. The molecule has 2 aromatic carbocycles. The molecular formula is C21H22ClFN2O2S. The van der Waals surface area contributed by atoms with E-state index < -0.39 is 0 Å². The van der Waals surface area contributed by atoms with E-state index in [1.54, 1.807) is 12.1 Å². The summed E-state index contributed by atoms with van der Waals surface area (Å²) < 4.78 is 19.9. The van der Waals surface area contributed by atoms with E-state index in [1.165, 1.54) is 17.8 Å². The minimum Gasteiger partial charge on any atom is -0.451 e. The van der Waals surface area contributed by atoms with Crippen LogP contribution in [0.25, 0.3) is 11.0 Å². The molecule has 7 heteroatoms. The maximum absolute atomic E-state index is 14.0. The van der Waals surface area contributed by atoms with E-state index in [0.717, 1.165) is 36.9 Å². The van der Waals surface area contributed by atoms with Crippen LogP contribution in [0.2, 0.25) is 0 Å². The average molecular weight is 421 g/mol. The predicted octanol–water partition coefficient (Wildman–Crippen LogP) is 4.77. The molecule has 1 aliphatic rings. The zero-order valence-electron chi connectivity index (χ0n) is 15.2. The first kappa shape index (κ1) is 20.7. The Bertz CT molecular complexity index is 956. The molecule has 28 heavy (non-hydrogen) atoms. The van der Waals surface area contributed by atoms with Crippen molar-refractivity contribution in [2.45, 2.75) is 29.5 Å². The van der Waals surface area contributed by atoms with Gasteiger partial charge in [0.2, 0.25) is 0 Å². The average Bonchev–Trinajstić information content (AvgIpc) is 3.07. The van der Waals surface area contributed by atoms with Crippen LogP contribution in [0.15, 0.2) is 57.8 Å². The third-order valence-electron chi connectivity index (χ3n) is 4.75. The summed E-state index contributed by atoms with van der Waals surface area (Å²) in [5.41, 5.74) is 1.48. The first-order valence-electron chi connectivity index (χ1n) is 9.11. The van der Waals surface area contributed by atoms with Gasteiger partial charge < -0.3 is 15.1 Å². The molecule has 4 rings (SSSR count). The van der Waals surface area contributed by atoms with E-state index in [0.29, 0.717) is 22.0 Å². The maximum Gasteiger partial charge on any atom is 0.287 e. The van der Waals surface area contributed by atoms with Crippen LogP contribution in [-0.4, -0.2) is 25.0 Å². The van der Waals surface area contributed by atoms with E-state index in [2.05, 4.69) is 10.6 Å². The van der Waals surface area contributed by atoms with Gasteiger partial charge in [-0.05, 0) is 37.6 Å². The van der Waals surface area contributed by atoms with Gasteiger partial charge >= 0.3 is 0 Å². The van der Waals surface area contributed by atoms with Gasteiger partial charge in [0.05, 0.1) is 0 Å². The number of carbonyl (C=O) groups excluding carboxylic acids is 1. The number of rotatable bonds is 5. The molecular weight excluding hydrogens is 399 g/mol. The molecule has 1 fully saturated rings.